The number of aromatic nitrogens is 2. The molecule has 8 nitrogen and oxygen atoms in total. The van der Waals surface area contributed by atoms with Crippen LogP contribution in [0.15, 0.2) is 34.5 Å². The zero-order valence-corrected chi connectivity index (χ0v) is 15.7. The van der Waals surface area contributed by atoms with Crippen molar-refractivity contribution >= 4 is 41.1 Å². The van der Waals surface area contributed by atoms with E-state index in [-0.39, 0.29) is 22.7 Å². The summed E-state index contributed by atoms with van der Waals surface area (Å²) in [7, 11) is 3.10. The van der Waals surface area contributed by atoms with Crippen molar-refractivity contribution < 1.29 is 9.53 Å². The molecule has 0 atom stereocenters. The summed E-state index contributed by atoms with van der Waals surface area (Å²) in [6.07, 6.45) is 6.18. The van der Waals surface area contributed by atoms with Crippen molar-refractivity contribution in [3.8, 4) is 5.75 Å². The number of nitrogens with one attached hydrogen (secondary N) is 1. The molecule has 2 heterocycles. The number of anilines is 2. The van der Waals surface area contributed by atoms with Crippen LogP contribution in [0.5, 0.6) is 5.75 Å². The monoisotopic (exact) mass is 386 g/mol. The third-order valence-electron chi connectivity index (χ3n) is 4.03. The van der Waals surface area contributed by atoms with E-state index >= 15 is 0 Å². The summed E-state index contributed by atoms with van der Waals surface area (Å²) in [6.45, 7) is 0. The number of nitrogens with zero attached hydrogens (tertiary/aromatic N) is 4. The number of methoxy groups -OCH3 is 1. The molecule has 0 unspecified atom stereocenters. The maximum Gasteiger partial charge on any atom is 0.173 e. The highest BCUT2D eigenvalue weighted by Crippen LogP contribution is 2.36. The molecule has 0 radical (unpaired) electrons. The molecule has 3 N–H and O–H groups in total. The van der Waals surface area contributed by atoms with Crippen molar-refractivity contribution in [2.75, 3.05) is 19.5 Å². The highest BCUT2D eigenvalue weighted by Gasteiger charge is 2.32. The number of ketones is 1. The van der Waals surface area contributed by atoms with Gasteiger partial charge in [0.1, 0.15) is 17.3 Å². The van der Waals surface area contributed by atoms with E-state index in [0.717, 1.165) is 12.8 Å². The van der Waals surface area contributed by atoms with Gasteiger partial charge in [0.05, 0.1) is 23.9 Å². The van der Waals surface area contributed by atoms with E-state index in [1.807, 2.05) is 0 Å². The summed E-state index contributed by atoms with van der Waals surface area (Å²) >= 11 is 6.03. The zero-order chi connectivity index (χ0) is 19.4. The molecule has 27 heavy (non-hydrogen) atoms. The van der Waals surface area contributed by atoms with Gasteiger partial charge < -0.3 is 15.8 Å². The van der Waals surface area contributed by atoms with Crippen LogP contribution in [0.4, 0.5) is 11.5 Å². The molecule has 1 aliphatic rings. The molecular weight excluding hydrogens is 368 g/mol. The van der Waals surface area contributed by atoms with Gasteiger partial charge >= 0.3 is 0 Å². The fraction of sp³-hybridized carbons (Fsp3) is 0.278. The lowest BCUT2D eigenvalue weighted by Gasteiger charge is -2.15. The molecular formula is C18H19ClN6O2. The molecule has 2 aromatic rings. The average molecular weight is 387 g/mol. The van der Waals surface area contributed by atoms with Crippen molar-refractivity contribution in [3.63, 3.8) is 0 Å². The van der Waals surface area contributed by atoms with Crippen molar-refractivity contribution in [2.24, 2.45) is 21.6 Å². The molecule has 3 rings (SSSR count). The number of carbonyl (C=O) groups is 1. The molecule has 1 fully saturated rings. The van der Waals surface area contributed by atoms with E-state index in [9.17, 15) is 4.79 Å². The Morgan fingerprint density at radius 3 is 2.85 bits per heavy atom. The number of amidine groups is 1. The molecule has 1 saturated carbocycles. The van der Waals surface area contributed by atoms with Gasteiger partial charge in [-0.25, -0.2) is 15.0 Å². The van der Waals surface area contributed by atoms with Crippen LogP contribution in [-0.4, -0.2) is 42.1 Å². The highest BCUT2D eigenvalue weighted by atomic mass is 35.5. The first-order chi connectivity index (χ1) is 13.0. The van der Waals surface area contributed by atoms with Crippen molar-refractivity contribution in [3.05, 3.63) is 40.8 Å². The lowest BCUT2D eigenvalue weighted by molar-refractivity contribution is 0.0968. The summed E-state index contributed by atoms with van der Waals surface area (Å²) in [5.74, 6) is 1.09. The Morgan fingerprint density at radius 1 is 1.41 bits per heavy atom. The van der Waals surface area contributed by atoms with Crippen LogP contribution in [-0.2, 0) is 0 Å². The summed E-state index contributed by atoms with van der Waals surface area (Å²) in [6, 6.07) is 3.27. The van der Waals surface area contributed by atoms with Gasteiger partial charge in [0.15, 0.2) is 17.4 Å². The van der Waals surface area contributed by atoms with E-state index < -0.39 is 0 Å². The predicted octanol–water partition coefficient (Wildman–Crippen LogP) is 2.84. The van der Waals surface area contributed by atoms with Crippen LogP contribution in [0, 0.1) is 5.92 Å². The highest BCUT2D eigenvalue weighted by molar-refractivity contribution is 6.29. The van der Waals surface area contributed by atoms with Gasteiger partial charge in [-0.2, -0.15) is 0 Å². The summed E-state index contributed by atoms with van der Waals surface area (Å²) < 4.78 is 5.48. The van der Waals surface area contributed by atoms with E-state index in [4.69, 9.17) is 22.1 Å². The maximum absolute atomic E-state index is 12.5. The smallest absolute Gasteiger partial charge is 0.173 e. The summed E-state index contributed by atoms with van der Waals surface area (Å²) in [5, 5.41) is 3.39. The molecule has 0 bridgehead atoms. The van der Waals surface area contributed by atoms with E-state index in [1.165, 1.54) is 19.6 Å². The minimum Gasteiger partial charge on any atom is -0.492 e. The fourth-order valence-corrected chi connectivity index (χ4v) is 2.72. The normalized spacial score (nSPS) is 14.4. The number of aliphatic imine (C=N–C) groups is 2. The Hall–Kier alpha value is -3.00. The van der Waals surface area contributed by atoms with Gasteiger partial charge in [-0.3, -0.25) is 9.79 Å². The second kappa shape index (κ2) is 8.13. The van der Waals surface area contributed by atoms with Crippen molar-refractivity contribution in [1.82, 2.24) is 9.97 Å². The van der Waals surface area contributed by atoms with Gasteiger partial charge in [-0.05, 0) is 25.0 Å². The lowest BCUT2D eigenvalue weighted by atomic mass is 10.1. The molecule has 2 aromatic heterocycles. The van der Waals surface area contributed by atoms with Gasteiger partial charge in [0.25, 0.3) is 0 Å². The topological polar surface area (TPSA) is 115 Å². The second-order valence-corrected chi connectivity index (χ2v) is 6.33. The molecule has 1 aliphatic carbocycles. The van der Waals surface area contributed by atoms with Gasteiger partial charge in [-0.15, -0.1) is 0 Å². The Balaban J connectivity index is 2.01. The number of nitrogens with two attached hydrogens (primary N) is 1. The number of halogens is 1. The number of Topliss-reactive ketones (excluding diaryl/α,β-unsaturated/α-hetero) is 1. The Kier molecular flexibility index (Phi) is 5.66. The van der Waals surface area contributed by atoms with Gasteiger partial charge in [0.2, 0.25) is 0 Å². The molecule has 9 heteroatoms. The Labute approximate surface area is 161 Å². The summed E-state index contributed by atoms with van der Waals surface area (Å²) in [4.78, 5) is 28.7. The molecule has 0 saturated heterocycles. The molecule has 0 aliphatic heterocycles. The average Bonchev–Trinajstić information content (AvgIpc) is 3.51. The zero-order valence-electron chi connectivity index (χ0n) is 14.9. The van der Waals surface area contributed by atoms with Crippen LogP contribution in [0.25, 0.3) is 0 Å². The molecule has 0 spiro atoms. The number of pyridine rings is 2. The first-order valence-corrected chi connectivity index (χ1v) is 8.67. The second-order valence-electron chi connectivity index (χ2n) is 5.94. The third-order valence-corrected chi connectivity index (χ3v) is 4.24. The standard InChI is InChI=1S/C18H19ClN6O2/c1-21-9-24-17(20)11-5-6-22-18(16(11)27-2)25-13-7-14(19)23-8-12(13)15(26)10-3-4-10/h5-10H,3-4H2,1-2H3,(H2,20,21,24)(H,22,23,25). The predicted molar refractivity (Wildman–Crippen MR) is 106 cm³/mol. The maximum atomic E-state index is 12.5. The minimum atomic E-state index is 0.0389. The van der Waals surface area contributed by atoms with Crippen LogP contribution in [0.1, 0.15) is 28.8 Å². The molecule has 0 aromatic carbocycles. The molecule has 0 amide bonds. The fourth-order valence-electron chi connectivity index (χ4n) is 2.56. The first-order valence-electron chi connectivity index (χ1n) is 8.29. The number of carbonyl (C=O) groups excluding carboxylic acids is 1. The quantitative estimate of drug-likeness (QED) is 0.327. The van der Waals surface area contributed by atoms with Gasteiger partial charge in [-0.1, -0.05) is 11.6 Å². The van der Waals surface area contributed by atoms with Crippen LogP contribution >= 0.6 is 11.6 Å². The number of ether oxygens (including phenoxy) is 1. The molecule has 140 valence electrons. The van der Waals surface area contributed by atoms with E-state index in [1.54, 1.807) is 25.4 Å². The number of hydrogen-bond donors (Lipinski definition) is 2. The van der Waals surface area contributed by atoms with Crippen LogP contribution in [0.2, 0.25) is 5.15 Å². The van der Waals surface area contributed by atoms with Crippen LogP contribution < -0.4 is 15.8 Å². The number of rotatable bonds is 7. The van der Waals surface area contributed by atoms with Crippen molar-refractivity contribution in [2.45, 2.75) is 12.8 Å². The third kappa shape index (κ3) is 4.22. The van der Waals surface area contributed by atoms with Crippen molar-refractivity contribution in [1.29, 1.82) is 0 Å². The largest absolute Gasteiger partial charge is 0.492 e. The van der Waals surface area contributed by atoms with E-state index in [2.05, 4.69) is 25.3 Å². The SMILES string of the molecule is CN=CN=C(N)c1ccnc(Nc2cc(Cl)ncc2C(=O)C2CC2)c1OC. The Bertz CT molecular complexity index is 924. The van der Waals surface area contributed by atoms with Crippen LogP contribution in [0.3, 0.4) is 0 Å². The Morgan fingerprint density at radius 2 is 2.19 bits per heavy atom. The van der Waals surface area contributed by atoms with Gasteiger partial charge in [0, 0.05) is 25.4 Å². The lowest BCUT2D eigenvalue weighted by Crippen LogP contribution is -2.16. The van der Waals surface area contributed by atoms with E-state index in [0.29, 0.717) is 28.4 Å². The minimum absolute atomic E-state index is 0.0389. The summed E-state index contributed by atoms with van der Waals surface area (Å²) in [5.41, 5.74) is 7.54. The number of hydrogen-bond acceptors (Lipinski definition) is 6. The first kappa shape index (κ1) is 18.8.